The van der Waals surface area contributed by atoms with Crippen molar-refractivity contribution in [3.05, 3.63) is 86.6 Å². The summed E-state index contributed by atoms with van der Waals surface area (Å²) >= 11 is 0. The van der Waals surface area contributed by atoms with Gasteiger partial charge in [-0.3, -0.25) is 19.8 Å². The number of methoxy groups -OCH3 is 1. The predicted molar refractivity (Wildman–Crippen MR) is 104 cm³/mol. The van der Waals surface area contributed by atoms with E-state index in [2.05, 4.69) is 0 Å². The molecule has 1 amide bonds. The number of anilines is 1. The highest BCUT2D eigenvalue weighted by Crippen LogP contribution is 2.35. The Morgan fingerprint density at radius 1 is 1.14 bits per heavy atom. The summed E-state index contributed by atoms with van der Waals surface area (Å²) in [5, 5.41) is 11.0. The van der Waals surface area contributed by atoms with Gasteiger partial charge in [0.05, 0.1) is 23.2 Å². The maximum absolute atomic E-state index is 13.2. The van der Waals surface area contributed by atoms with Crippen LogP contribution in [-0.2, 0) is 14.3 Å². The van der Waals surface area contributed by atoms with Crippen LogP contribution in [0.15, 0.2) is 65.4 Å². The lowest BCUT2D eigenvalue weighted by Gasteiger charge is -2.18. The molecular formula is C21H18N2O5. The first-order valence-electron chi connectivity index (χ1n) is 8.50. The summed E-state index contributed by atoms with van der Waals surface area (Å²) in [5.41, 5.74) is 2.65. The van der Waals surface area contributed by atoms with E-state index in [9.17, 15) is 19.7 Å². The van der Waals surface area contributed by atoms with Gasteiger partial charge in [0.2, 0.25) is 0 Å². The number of benzene rings is 2. The van der Waals surface area contributed by atoms with E-state index in [4.69, 9.17) is 4.74 Å². The molecule has 0 bridgehead atoms. The highest BCUT2D eigenvalue weighted by Gasteiger charge is 2.37. The number of rotatable bonds is 4. The number of carbonyl (C=O) groups is 2. The molecular weight excluding hydrogens is 360 g/mol. The number of nitro groups is 1. The molecule has 3 rings (SSSR count). The largest absolute Gasteiger partial charge is 0.465 e. The van der Waals surface area contributed by atoms with Crippen molar-refractivity contribution in [3.63, 3.8) is 0 Å². The third-order valence-corrected chi connectivity index (χ3v) is 4.44. The number of carbonyl (C=O) groups excluding carboxylic acids is 2. The van der Waals surface area contributed by atoms with Crippen LogP contribution in [0.3, 0.4) is 0 Å². The second kappa shape index (κ2) is 7.48. The number of esters is 1. The molecule has 0 N–H and O–H groups in total. The van der Waals surface area contributed by atoms with Gasteiger partial charge in [-0.2, -0.15) is 0 Å². The normalized spacial score (nSPS) is 15.3. The molecule has 0 aromatic heterocycles. The first-order valence-corrected chi connectivity index (χ1v) is 8.50. The molecule has 1 aliphatic heterocycles. The Morgan fingerprint density at radius 3 is 2.50 bits per heavy atom. The Bertz CT molecular complexity index is 1050. The van der Waals surface area contributed by atoms with E-state index < -0.39 is 16.8 Å². The highest BCUT2D eigenvalue weighted by molar-refractivity contribution is 6.23. The number of amides is 1. The first-order chi connectivity index (χ1) is 13.3. The molecule has 2 aromatic carbocycles. The van der Waals surface area contributed by atoms with E-state index >= 15 is 0 Å². The minimum Gasteiger partial charge on any atom is -0.465 e. The summed E-state index contributed by atoms with van der Waals surface area (Å²) in [6.45, 7) is 3.57. The van der Waals surface area contributed by atoms with E-state index in [1.165, 1.54) is 36.3 Å². The van der Waals surface area contributed by atoms with Gasteiger partial charge in [0.25, 0.3) is 11.6 Å². The molecule has 1 aliphatic rings. The number of non-ortho nitro benzene ring substituents is 1. The fourth-order valence-corrected chi connectivity index (χ4v) is 3.15. The van der Waals surface area contributed by atoms with Gasteiger partial charge in [-0.1, -0.05) is 24.3 Å². The zero-order chi connectivity index (χ0) is 20.4. The van der Waals surface area contributed by atoms with Gasteiger partial charge < -0.3 is 4.74 Å². The third-order valence-electron chi connectivity index (χ3n) is 4.44. The number of hydrogen-bond donors (Lipinski definition) is 0. The zero-order valence-corrected chi connectivity index (χ0v) is 15.6. The second-order valence-electron chi connectivity index (χ2n) is 6.34. The lowest BCUT2D eigenvalue weighted by atomic mass is 10.0. The van der Waals surface area contributed by atoms with Gasteiger partial charge in [0, 0.05) is 23.5 Å². The van der Waals surface area contributed by atoms with Crippen molar-refractivity contribution in [2.24, 2.45) is 0 Å². The monoisotopic (exact) mass is 378 g/mol. The summed E-state index contributed by atoms with van der Waals surface area (Å²) in [4.78, 5) is 37.5. The number of nitrogens with zero attached hydrogens (tertiary/aromatic N) is 2. The van der Waals surface area contributed by atoms with Gasteiger partial charge >= 0.3 is 5.97 Å². The van der Waals surface area contributed by atoms with Crippen molar-refractivity contribution in [3.8, 4) is 0 Å². The number of aryl methyl sites for hydroxylation is 1. The van der Waals surface area contributed by atoms with Crippen molar-refractivity contribution in [1.82, 2.24) is 0 Å². The Kier molecular flexibility index (Phi) is 5.08. The molecule has 0 spiro atoms. The zero-order valence-electron chi connectivity index (χ0n) is 15.6. The number of nitro benzene ring substituents is 1. The average molecular weight is 378 g/mol. The molecule has 142 valence electrons. The molecule has 0 saturated heterocycles. The van der Waals surface area contributed by atoms with Crippen LogP contribution in [0.2, 0.25) is 0 Å². The van der Waals surface area contributed by atoms with Crippen molar-refractivity contribution in [2.45, 2.75) is 13.8 Å². The van der Waals surface area contributed by atoms with Gasteiger partial charge in [0.1, 0.15) is 0 Å². The molecule has 0 fully saturated rings. The summed E-state index contributed by atoms with van der Waals surface area (Å²) in [6, 6.07) is 13.2. The molecule has 2 aromatic rings. The van der Waals surface area contributed by atoms with E-state index in [0.29, 0.717) is 16.9 Å². The maximum Gasteiger partial charge on any atom is 0.340 e. The van der Waals surface area contributed by atoms with Crippen molar-refractivity contribution >= 4 is 29.3 Å². The van der Waals surface area contributed by atoms with Crippen LogP contribution in [-0.4, -0.2) is 23.9 Å². The molecule has 0 aliphatic carbocycles. The van der Waals surface area contributed by atoms with E-state index in [0.717, 1.165) is 5.56 Å². The minimum atomic E-state index is -0.641. The number of ether oxygens (including phenoxy) is 1. The second-order valence-corrected chi connectivity index (χ2v) is 6.34. The highest BCUT2D eigenvalue weighted by atomic mass is 16.6. The fourth-order valence-electron chi connectivity index (χ4n) is 3.15. The molecule has 28 heavy (non-hydrogen) atoms. The van der Waals surface area contributed by atoms with Crippen LogP contribution in [0.4, 0.5) is 11.4 Å². The summed E-state index contributed by atoms with van der Waals surface area (Å²) in [5.74, 6) is -1.03. The molecule has 7 nitrogen and oxygen atoms in total. The average Bonchev–Trinajstić information content (AvgIpc) is 2.91. The summed E-state index contributed by atoms with van der Waals surface area (Å²) < 4.78 is 4.87. The molecule has 0 atom stereocenters. The van der Waals surface area contributed by atoms with E-state index in [-0.39, 0.29) is 16.8 Å². The standard InChI is InChI=1S/C21H18N2O5/c1-13-6-4-8-16(10-13)22-14(2)19(21(25)28-3)18(20(22)24)12-15-7-5-9-17(11-15)23(26)27/h4-12H,1-3H3/b18-12-. The van der Waals surface area contributed by atoms with Crippen LogP contribution in [0, 0.1) is 17.0 Å². The smallest absolute Gasteiger partial charge is 0.340 e. The lowest BCUT2D eigenvalue weighted by Crippen LogP contribution is -2.24. The fraction of sp³-hybridized carbons (Fsp3) is 0.143. The van der Waals surface area contributed by atoms with Crippen LogP contribution >= 0.6 is 0 Å². The predicted octanol–water partition coefficient (Wildman–Crippen LogP) is 3.78. The van der Waals surface area contributed by atoms with Crippen LogP contribution in [0.5, 0.6) is 0 Å². The van der Waals surface area contributed by atoms with Gasteiger partial charge in [0.15, 0.2) is 0 Å². The Labute approximate surface area is 161 Å². The molecule has 7 heteroatoms. The number of hydrogen-bond acceptors (Lipinski definition) is 5. The summed E-state index contributed by atoms with van der Waals surface area (Å²) in [7, 11) is 1.24. The minimum absolute atomic E-state index is 0.101. The van der Waals surface area contributed by atoms with Crippen molar-refractivity contribution in [2.75, 3.05) is 12.0 Å². The number of allylic oxidation sites excluding steroid dienone is 1. The van der Waals surface area contributed by atoms with E-state index in [1.54, 1.807) is 19.1 Å². The van der Waals surface area contributed by atoms with Gasteiger partial charge in [-0.05, 0) is 43.2 Å². The Hall–Kier alpha value is -3.74. The topological polar surface area (TPSA) is 89.8 Å². The first kappa shape index (κ1) is 19.0. The molecule has 0 radical (unpaired) electrons. The Morgan fingerprint density at radius 2 is 1.86 bits per heavy atom. The SMILES string of the molecule is COC(=O)C1=C(C)N(c2cccc(C)c2)C(=O)/C1=C\c1cccc([N+](=O)[O-])c1. The van der Waals surface area contributed by atoms with Crippen molar-refractivity contribution < 1.29 is 19.2 Å². The maximum atomic E-state index is 13.2. The molecule has 1 heterocycles. The van der Waals surface area contributed by atoms with Crippen LogP contribution < -0.4 is 4.90 Å². The molecule has 0 saturated carbocycles. The van der Waals surface area contributed by atoms with E-state index in [1.807, 2.05) is 25.1 Å². The van der Waals surface area contributed by atoms with Crippen LogP contribution in [0.1, 0.15) is 18.1 Å². The van der Waals surface area contributed by atoms with Crippen molar-refractivity contribution in [1.29, 1.82) is 0 Å². The third kappa shape index (κ3) is 3.42. The summed E-state index contributed by atoms with van der Waals surface area (Å²) in [6.07, 6.45) is 1.47. The van der Waals surface area contributed by atoms with Gasteiger partial charge in [-0.15, -0.1) is 0 Å². The quantitative estimate of drug-likeness (QED) is 0.350. The Balaban J connectivity index is 2.15. The molecule has 0 unspecified atom stereocenters. The van der Waals surface area contributed by atoms with Crippen LogP contribution in [0.25, 0.3) is 6.08 Å². The lowest BCUT2D eigenvalue weighted by molar-refractivity contribution is -0.384. The van der Waals surface area contributed by atoms with Gasteiger partial charge in [-0.25, -0.2) is 4.79 Å².